The summed E-state index contributed by atoms with van der Waals surface area (Å²) in [6, 6.07) is 5.71. The number of aryl methyl sites for hydroxylation is 1. The molecular weight excluding hydrogens is 290 g/mol. The first kappa shape index (κ1) is 15.4. The molecule has 3 rings (SSSR count). The van der Waals surface area contributed by atoms with Crippen LogP contribution in [-0.4, -0.2) is 47.2 Å². The Labute approximate surface area is 135 Å². The molecule has 120 valence electrons. The number of hydrogen-bond donors (Lipinski definition) is 1. The van der Waals surface area contributed by atoms with Gasteiger partial charge in [-0.25, -0.2) is 15.0 Å². The summed E-state index contributed by atoms with van der Waals surface area (Å²) < 4.78 is 5.28. The van der Waals surface area contributed by atoms with Crippen molar-refractivity contribution in [2.75, 3.05) is 26.5 Å². The van der Waals surface area contributed by atoms with Crippen molar-refractivity contribution >= 4 is 27.9 Å². The van der Waals surface area contributed by atoms with Crippen molar-refractivity contribution in [3.8, 4) is 5.75 Å². The fourth-order valence-electron chi connectivity index (χ4n) is 2.32. The zero-order valence-corrected chi connectivity index (χ0v) is 14.1. The van der Waals surface area contributed by atoms with Crippen molar-refractivity contribution in [3.05, 3.63) is 30.0 Å². The number of pyridine rings is 1. The summed E-state index contributed by atoms with van der Waals surface area (Å²) in [5.74, 6) is 1.51. The van der Waals surface area contributed by atoms with Gasteiger partial charge in [0, 0.05) is 12.3 Å². The van der Waals surface area contributed by atoms with Crippen LogP contribution in [0.5, 0.6) is 5.75 Å². The summed E-state index contributed by atoms with van der Waals surface area (Å²) in [5.41, 5.74) is 4.29. The van der Waals surface area contributed by atoms with E-state index in [1.165, 1.54) is 0 Å². The highest BCUT2D eigenvalue weighted by atomic mass is 16.5. The molecule has 23 heavy (non-hydrogen) atoms. The Morgan fingerprint density at radius 3 is 2.57 bits per heavy atom. The van der Waals surface area contributed by atoms with E-state index < -0.39 is 0 Å². The topological polar surface area (TPSA) is 63.2 Å². The molecule has 0 fully saturated rings. The Morgan fingerprint density at radius 2 is 1.87 bits per heavy atom. The third kappa shape index (κ3) is 2.90. The first-order chi connectivity index (χ1) is 11.0. The minimum atomic E-state index is 0.135. The van der Waals surface area contributed by atoms with Gasteiger partial charge in [-0.05, 0) is 45.6 Å². The molecule has 2 aromatic heterocycles. The van der Waals surface area contributed by atoms with Crippen molar-refractivity contribution < 1.29 is 4.74 Å². The van der Waals surface area contributed by atoms with Crippen LogP contribution >= 0.6 is 0 Å². The van der Waals surface area contributed by atoms with Crippen LogP contribution in [0.1, 0.15) is 12.5 Å². The van der Waals surface area contributed by atoms with Crippen molar-refractivity contribution in [1.29, 1.82) is 0 Å². The van der Waals surface area contributed by atoms with Gasteiger partial charge in [0.2, 0.25) is 0 Å². The molecule has 1 unspecified atom stereocenters. The standard InChI is InChI=1S/C17H21N5O/c1-10-9-18-17(19-11(2)22(3)4)16-15(10)20-13-7-6-12(23-5)8-14(13)21-16/h6-9,11H,1-5H3,(H,18,19). The second kappa shape index (κ2) is 5.96. The second-order valence-electron chi connectivity index (χ2n) is 5.85. The molecule has 0 aliphatic rings. The van der Waals surface area contributed by atoms with Gasteiger partial charge >= 0.3 is 0 Å². The number of nitrogens with zero attached hydrogens (tertiary/aromatic N) is 4. The molecule has 6 nitrogen and oxygen atoms in total. The first-order valence-electron chi connectivity index (χ1n) is 7.53. The molecule has 0 aliphatic heterocycles. The summed E-state index contributed by atoms with van der Waals surface area (Å²) in [4.78, 5) is 16.1. The van der Waals surface area contributed by atoms with Crippen LogP contribution < -0.4 is 10.1 Å². The lowest BCUT2D eigenvalue weighted by molar-refractivity contribution is 0.343. The largest absolute Gasteiger partial charge is 0.497 e. The maximum atomic E-state index is 5.28. The number of ether oxygens (including phenoxy) is 1. The molecule has 6 heteroatoms. The minimum absolute atomic E-state index is 0.135. The molecular formula is C17H21N5O. The lowest BCUT2D eigenvalue weighted by atomic mass is 10.2. The molecule has 0 aliphatic carbocycles. The lowest BCUT2D eigenvalue weighted by Crippen LogP contribution is -2.32. The van der Waals surface area contributed by atoms with E-state index in [0.29, 0.717) is 0 Å². The van der Waals surface area contributed by atoms with Gasteiger partial charge in [0.15, 0.2) is 5.82 Å². The summed E-state index contributed by atoms with van der Waals surface area (Å²) in [7, 11) is 5.67. The maximum absolute atomic E-state index is 5.28. The average molecular weight is 311 g/mol. The fourth-order valence-corrected chi connectivity index (χ4v) is 2.32. The lowest BCUT2D eigenvalue weighted by Gasteiger charge is -2.22. The van der Waals surface area contributed by atoms with Gasteiger partial charge in [-0.1, -0.05) is 0 Å². The fraction of sp³-hybridized carbons (Fsp3) is 0.353. The number of anilines is 1. The number of nitrogens with one attached hydrogen (secondary N) is 1. The van der Waals surface area contributed by atoms with Crippen LogP contribution in [0.4, 0.5) is 5.82 Å². The third-order valence-electron chi connectivity index (χ3n) is 3.98. The predicted molar refractivity (Wildman–Crippen MR) is 92.9 cm³/mol. The predicted octanol–water partition coefficient (Wildman–Crippen LogP) is 2.81. The van der Waals surface area contributed by atoms with Crippen LogP contribution in [-0.2, 0) is 0 Å². The van der Waals surface area contributed by atoms with E-state index >= 15 is 0 Å². The number of methoxy groups -OCH3 is 1. The zero-order chi connectivity index (χ0) is 16.6. The number of aromatic nitrogens is 3. The van der Waals surface area contributed by atoms with Gasteiger partial charge in [-0.15, -0.1) is 0 Å². The summed E-state index contributed by atoms with van der Waals surface area (Å²) >= 11 is 0. The van der Waals surface area contributed by atoms with E-state index in [9.17, 15) is 0 Å². The SMILES string of the molecule is COc1ccc2nc3c(C)cnc(NC(C)N(C)C)c3nc2c1. The summed E-state index contributed by atoms with van der Waals surface area (Å²) in [6.45, 7) is 4.07. The Hall–Kier alpha value is -2.47. The van der Waals surface area contributed by atoms with Gasteiger partial charge in [0.05, 0.1) is 29.8 Å². The van der Waals surface area contributed by atoms with Crippen molar-refractivity contribution in [1.82, 2.24) is 19.9 Å². The highest BCUT2D eigenvalue weighted by Gasteiger charge is 2.13. The van der Waals surface area contributed by atoms with Gasteiger partial charge in [0.1, 0.15) is 11.3 Å². The Balaban J connectivity index is 2.21. The third-order valence-corrected chi connectivity index (χ3v) is 3.98. The van der Waals surface area contributed by atoms with Crippen molar-refractivity contribution in [2.45, 2.75) is 20.0 Å². The average Bonchev–Trinajstić information content (AvgIpc) is 2.55. The Morgan fingerprint density at radius 1 is 1.13 bits per heavy atom. The normalized spacial score (nSPS) is 12.8. The molecule has 0 spiro atoms. The second-order valence-corrected chi connectivity index (χ2v) is 5.85. The number of hydrogen-bond acceptors (Lipinski definition) is 6. The molecule has 2 heterocycles. The van der Waals surface area contributed by atoms with E-state index in [1.807, 2.05) is 45.4 Å². The molecule has 0 saturated carbocycles. The van der Waals surface area contributed by atoms with E-state index in [1.54, 1.807) is 7.11 Å². The molecule has 0 saturated heterocycles. The van der Waals surface area contributed by atoms with E-state index in [0.717, 1.165) is 39.2 Å². The highest BCUT2D eigenvalue weighted by molar-refractivity contribution is 5.94. The molecule has 3 aromatic rings. The summed E-state index contributed by atoms with van der Waals surface area (Å²) in [6.07, 6.45) is 1.97. The van der Waals surface area contributed by atoms with Gasteiger partial charge in [-0.3, -0.25) is 4.90 Å². The minimum Gasteiger partial charge on any atom is -0.497 e. The smallest absolute Gasteiger partial charge is 0.155 e. The summed E-state index contributed by atoms with van der Waals surface area (Å²) in [5, 5.41) is 3.39. The van der Waals surface area contributed by atoms with Crippen LogP contribution in [0.2, 0.25) is 0 Å². The molecule has 0 radical (unpaired) electrons. The quantitative estimate of drug-likeness (QED) is 0.590. The molecule has 0 bridgehead atoms. The van der Waals surface area contributed by atoms with E-state index in [4.69, 9.17) is 14.7 Å². The number of rotatable bonds is 4. The van der Waals surface area contributed by atoms with Crippen molar-refractivity contribution in [3.63, 3.8) is 0 Å². The number of benzene rings is 1. The van der Waals surface area contributed by atoms with Crippen LogP contribution in [0.25, 0.3) is 22.1 Å². The van der Waals surface area contributed by atoms with Crippen LogP contribution in [0, 0.1) is 6.92 Å². The van der Waals surface area contributed by atoms with Gasteiger partial charge in [-0.2, -0.15) is 0 Å². The first-order valence-corrected chi connectivity index (χ1v) is 7.53. The van der Waals surface area contributed by atoms with Gasteiger partial charge in [0.25, 0.3) is 0 Å². The van der Waals surface area contributed by atoms with Crippen LogP contribution in [0.15, 0.2) is 24.4 Å². The van der Waals surface area contributed by atoms with E-state index in [-0.39, 0.29) is 6.17 Å². The molecule has 1 N–H and O–H groups in total. The van der Waals surface area contributed by atoms with Gasteiger partial charge < -0.3 is 10.1 Å². The Kier molecular flexibility index (Phi) is 4.00. The molecule has 1 aromatic carbocycles. The number of fused-ring (bicyclic) bond motifs is 2. The zero-order valence-electron chi connectivity index (χ0n) is 14.1. The van der Waals surface area contributed by atoms with Crippen LogP contribution in [0.3, 0.4) is 0 Å². The maximum Gasteiger partial charge on any atom is 0.155 e. The van der Waals surface area contributed by atoms with E-state index in [2.05, 4.69) is 22.1 Å². The molecule has 1 atom stereocenters. The Bertz CT molecular complexity index is 862. The highest BCUT2D eigenvalue weighted by Crippen LogP contribution is 2.26. The monoisotopic (exact) mass is 311 g/mol. The molecule has 0 amide bonds. The van der Waals surface area contributed by atoms with Crippen molar-refractivity contribution in [2.24, 2.45) is 0 Å².